The second-order valence-electron chi connectivity index (χ2n) is 6.76. The van der Waals surface area contributed by atoms with Gasteiger partial charge in [-0.05, 0) is 64.1 Å². The number of aliphatic imine (C=N–C) groups is 4. The lowest BCUT2D eigenvalue weighted by molar-refractivity contribution is 0.562. The Morgan fingerprint density at radius 3 is 1.73 bits per heavy atom. The van der Waals surface area contributed by atoms with Crippen molar-refractivity contribution < 1.29 is 19.2 Å². The Hall–Kier alpha value is -4.82. The van der Waals surface area contributed by atoms with Gasteiger partial charge in [0.2, 0.25) is 24.3 Å². The average Bonchev–Trinajstić information content (AvgIpc) is 2.84. The SMILES string of the molecule is O=C=NCCc1ccc(-c2ccc(N=C=O)cc2)c(-c2ccc(N=C=O)cc2)c1CN=C=O. The van der Waals surface area contributed by atoms with Gasteiger partial charge in [0.15, 0.2) is 0 Å². The smallest absolute Gasteiger partial charge is 0.211 e. The van der Waals surface area contributed by atoms with Gasteiger partial charge in [-0.15, -0.1) is 0 Å². The number of isocyanates is 4. The summed E-state index contributed by atoms with van der Waals surface area (Å²) < 4.78 is 0. The van der Waals surface area contributed by atoms with Crippen LogP contribution in [-0.4, -0.2) is 30.9 Å². The van der Waals surface area contributed by atoms with Gasteiger partial charge in [-0.2, -0.15) is 9.98 Å². The highest BCUT2D eigenvalue weighted by Crippen LogP contribution is 2.38. The minimum atomic E-state index is 0.0779. The van der Waals surface area contributed by atoms with E-state index in [1.807, 2.05) is 36.4 Å². The molecule has 0 atom stereocenters. The molecule has 8 nitrogen and oxygen atoms in total. The molecule has 33 heavy (non-hydrogen) atoms. The van der Waals surface area contributed by atoms with Crippen LogP contribution in [0.25, 0.3) is 22.3 Å². The lowest BCUT2D eigenvalue weighted by atomic mass is 9.86. The maximum absolute atomic E-state index is 10.9. The summed E-state index contributed by atoms with van der Waals surface area (Å²) in [6.07, 6.45) is 6.58. The fraction of sp³-hybridized carbons (Fsp3) is 0.120. The molecular weight excluding hydrogens is 420 g/mol. The van der Waals surface area contributed by atoms with Crippen LogP contribution in [0.3, 0.4) is 0 Å². The average molecular weight is 436 g/mol. The van der Waals surface area contributed by atoms with E-state index >= 15 is 0 Å². The second kappa shape index (κ2) is 11.5. The van der Waals surface area contributed by atoms with Gasteiger partial charge in [-0.1, -0.05) is 36.4 Å². The van der Waals surface area contributed by atoms with E-state index in [0.717, 1.165) is 33.4 Å². The fourth-order valence-electron chi connectivity index (χ4n) is 3.53. The molecule has 0 N–H and O–H groups in total. The van der Waals surface area contributed by atoms with Crippen molar-refractivity contribution in [3.63, 3.8) is 0 Å². The maximum Gasteiger partial charge on any atom is 0.240 e. The summed E-state index contributed by atoms with van der Waals surface area (Å²) in [5.41, 5.74) is 5.88. The van der Waals surface area contributed by atoms with Gasteiger partial charge in [0.05, 0.1) is 24.5 Å². The van der Waals surface area contributed by atoms with E-state index < -0.39 is 0 Å². The van der Waals surface area contributed by atoms with Gasteiger partial charge in [0.25, 0.3) is 0 Å². The summed E-state index contributed by atoms with van der Waals surface area (Å²) in [5.74, 6) is 0. The first-order chi connectivity index (χ1) is 16.2. The third-order valence-corrected chi connectivity index (χ3v) is 4.95. The molecule has 3 aromatic carbocycles. The minimum absolute atomic E-state index is 0.0779. The quantitative estimate of drug-likeness (QED) is 0.358. The molecule has 0 aliphatic heterocycles. The van der Waals surface area contributed by atoms with E-state index in [0.29, 0.717) is 17.8 Å². The Bertz CT molecular complexity index is 1340. The normalized spacial score (nSPS) is 9.58. The van der Waals surface area contributed by atoms with E-state index in [4.69, 9.17) is 0 Å². The highest BCUT2D eigenvalue weighted by molar-refractivity contribution is 5.87. The summed E-state index contributed by atoms with van der Waals surface area (Å²) in [6.45, 7) is 0.319. The zero-order valence-corrected chi connectivity index (χ0v) is 17.3. The molecule has 8 heteroatoms. The Balaban J connectivity index is 2.26. The molecule has 0 fully saturated rings. The van der Waals surface area contributed by atoms with Crippen molar-refractivity contribution in [3.05, 3.63) is 71.8 Å². The summed E-state index contributed by atoms with van der Waals surface area (Å²) >= 11 is 0. The summed E-state index contributed by atoms with van der Waals surface area (Å²) in [4.78, 5) is 57.2. The standard InChI is InChI=1S/C25H16N4O4/c30-14-26-12-11-19-5-10-23(18-1-6-21(7-2-18)28-16-32)25(24(19)13-27-15-31)20-3-8-22(9-4-20)29-17-33/h1-10H,11-13H2. The van der Waals surface area contributed by atoms with Crippen LogP contribution >= 0.6 is 0 Å². The van der Waals surface area contributed by atoms with Crippen molar-refractivity contribution in [1.82, 2.24) is 0 Å². The van der Waals surface area contributed by atoms with Crippen molar-refractivity contribution in [2.45, 2.75) is 13.0 Å². The maximum atomic E-state index is 10.9. The highest BCUT2D eigenvalue weighted by atomic mass is 16.1. The summed E-state index contributed by atoms with van der Waals surface area (Å²) in [7, 11) is 0. The highest BCUT2D eigenvalue weighted by Gasteiger charge is 2.17. The first-order valence-electron chi connectivity index (χ1n) is 9.80. The molecule has 0 saturated heterocycles. The van der Waals surface area contributed by atoms with E-state index in [2.05, 4.69) is 20.0 Å². The van der Waals surface area contributed by atoms with Crippen LogP contribution in [0.4, 0.5) is 11.4 Å². The lowest BCUT2D eigenvalue weighted by Crippen LogP contribution is -2.01. The monoisotopic (exact) mass is 436 g/mol. The third kappa shape index (κ3) is 5.66. The molecule has 0 unspecified atom stereocenters. The van der Waals surface area contributed by atoms with Crippen molar-refractivity contribution in [3.8, 4) is 22.3 Å². The first kappa shape index (κ1) is 22.9. The number of hydrogen-bond donors (Lipinski definition) is 0. The number of nitrogens with zero attached hydrogens (tertiary/aromatic N) is 4. The molecule has 3 rings (SSSR count). The van der Waals surface area contributed by atoms with Crippen LogP contribution in [0.5, 0.6) is 0 Å². The molecular formula is C25H16N4O4. The van der Waals surface area contributed by atoms with Crippen LogP contribution in [0, 0.1) is 0 Å². The van der Waals surface area contributed by atoms with Crippen LogP contribution in [0.15, 0.2) is 80.6 Å². The van der Waals surface area contributed by atoms with Gasteiger partial charge in [0.1, 0.15) is 0 Å². The Kier molecular flexibility index (Phi) is 7.99. The molecule has 160 valence electrons. The lowest BCUT2D eigenvalue weighted by Gasteiger charge is -2.18. The first-order valence-corrected chi connectivity index (χ1v) is 9.80. The zero-order valence-electron chi connectivity index (χ0n) is 17.3. The Morgan fingerprint density at radius 1 is 0.606 bits per heavy atom. The van der Waals surface area contributed by atoms with Gasteiger partial charge in [0, 0.05) is 0 Å². The molecule has 0 amide bonds. The topological polar surface area (TPSA) is 118 Å². The van der Waals surface area contributed by atoms with E-state index in [1.165, 1.54) is 18.2 Å². The van der Waals surface area contributed by atoms with Gasteiger partial charge >= 0.3 is 0 Å². The molecule has 0 saturated carbocycles. The Labute approximate surface area is 188 Å². The van der Waals surface area contributed by atoms with E-state index in [9.17, 15) is 19.2 Å². The molecule has 0 spiro atoms. The third-order valence-electron chi connectivity index (χ3n) is 4.95. The van der Waals surface area contributed by atoms with Crippen LogP contribution in [0.1, 0.15) is 11.1 Å². The number of benzene rings is 3. The van der Waals surface area contributed by atoms with E-state index in [-0.39, 0.29) is 13.1 Å². The molecule has 3 aromatic rings. The molecule has 0 aliphatic carbocycles. The number of rotatable bonds is 9. The van der Waals surface area contributed by atoms with Crippen molar-refractivity contribution >= 4 is 35.7 Å². The molecule has 0 aliphatic rings. The van der Waals surface area contributed by atoms with Gasteiger partial charge in [-0.3, -0.25) is 0 Å². The van der Waals surface area contributed by atoms with Gasteiger partial charge in [-0.25, -0.2) is 29.2 Å². The zero-order chi connectivity index (χ0) is 23.5. The minimum Gasteiger partial charge on any atom is -0.211 e. The molecule has 0 radical (unpaired) electrons. The van der Waals surface area contributed by atoms with Gasteiger partial charge < -0.3 is 0 Å². The fourth-order valence-corrected chi connectivity index (χ4v) is 3.53. The van der Waals surface area contributed by atoms with Crippen molar-refractivity contribution in [2.24, 2.45) is 20.0 Å². The van der Waals surface area contributed by atoms with Crippen LogP contribution in [-0.2, 0) is 32.1 Å². The number of carbonyl (C=O) groups excluding carboxylic acids is 4. The van der Waals surface area contributed by atoms with Crippen LogP contribution in [0.2, 0.25) is 0 Å². The van der Waals surface area contributed by atoms with E-state index in [1.54, 1.807) is 30.3 Å². The molecule has 0 bridgehead atoms. The summed E-state index contributed by atoms with van der Waals surface area (Å²) in [5, 5.41) is 0. The van der Waals surface area contributed by atoms with Crippen LogP contribution < -0.4 is 0 Å². The predicted molar refractivity (Wildman–Crippen MR) is 121 cm³/mol. The predicted octanol–water partition coefficient (Wildman–Crippen LogP) is 4.67. The Morgan fingerprint density at radius 2 is 1.18 bits per heavy atom. The van der Waals surface area contributed by atoms with Crippen molar-refractivity contribution in [2.75, 3.05) is 6.54 Å². The second-order valence-corrected chi connectivity index (χ2v) is 6.76. The van der Waals surface area contributed by atoms with Crippen molar-refractivity contribution in [1.29, 1.82) is 0 Å². The summed E-state index contributed by atoms with van der Waals surface area (Å²) in [6, 6.07) is 17.8. The molecule has 0 heterocycles. The largest absolute Gasteiger partial charge is 0.240 e. The molecule has 0 aromatic heterocycles. The number of hydrogen-bond acceptors (Lipinski definition) is 8.